The summed E-state index contributed by atoms with van der Waals surface area (Å²) < 4.78 is 0. The van der Waals surface area contributed by atoms with Gasteiger partial charge in [0, 0.05) is 6.54 Å². The van der Waals surface area contributed by atoms with E-state index >= 15 is 0 Å². The van der Waals surface area contributed by atoms with E-state index < -0.39 is 11.9 Å². The summed E-state index contributed by atoms with van der Waals surface area (Å²) in [6, 6.07) is -0.602. The van der Waals surface area contributed by atoms with Crippen molar-refractivity contribution in [3.63, 3.8) is 0 Å². The van der Waals surface area contributed by atoms with Gasteiger partial charge in [0.15, 0.2) is 5.78 Å². The van der Waals surface area contributed by atoms with Gasteiger partial charge in [0.25, 0.3) is 5.91 Å². The average Bonchev–Trinajstić information content (AvgIpc) is 3.46. The monoisotopic (exact) mass is 492 g/mol. The van der Waals surface area contributed by atoms with Crippen LogP contribution in [0, 0.1) is 47.3 Å². The highest BCUT2D eigenvalue weighted by molar-refractivity contribution is 6.27. The van der Waals surface area contributed by atoms with Gasteiger partial charge in [0.05, 0.1) is 6.04 Å². The van der Waals surface area contributed by atoms with Crippen LogP contribution in [0.2, 0.25) is 0 Å². The summed E-state index contributed by atoms with van der Waals surface area (Å²) in [5, 5.41) is 16.4. The van der Waals surface area contributed by atoms with Crippen molar-refractivity contribution in [1.29, 1.82) is 0 Å². The van der Waals surface area contributed by atoms with E-state index in [1.54, 1.807) is 12.2 Å². The van der Waals surface area contributed by atoms with Crippen molar-refractivity contribution in [3.8, 4) is 0 Å². The average molecular weight is 493 g/mol. The first kappa shape index (κ1) is 25.0. The second-order valence-corrected chi connectivity index (χ2v) is 11.7. The molecule has 5 rings (SSSR count). The number of aliphatic hydroxyl groups excluding tert-OH is 1. The fourth-order valence-corrected chi connectivity index (χ4v) is 8.09. The molecule has 9 atom stereocenters. The number of ketones is 1. The Morgan fingerprint density at radius 2 is 1.75 bits per heavy atom. The van der Waals surface area contributed by atoms with Gasteiger partial charge in [0.2, 0.25) is 5.91 Å². The second-order valence-electron chi connectivity index (χ2n) is 11.7. The number of carbonyl (C=O) groups is 3. The van der Waals surface area contributed by atoms with Gasteiger partial charge >= 0.3 is 0 Å². The van der Waals surface area contributed by atoms with E-state index in [1.165, 1.54) is 12.8 Å². The lowest BCUT2D eigenvalue weighted by Gasteiger charge is -2.35. The topological polar surface area (TPSA) is 95.5 Å². The number of amides is 2. The maximum absolute atomic E-state index is 12.9. The molecule has 2 saturated carbocycles. The number of hydrogen-bond acceptors (Lipinski definition) is 4. The summed E-state index contributed by atoms with van der Waals surface area (Å²) in [6.07, 6.45) is 18.4. The number of rotatable bonds is 1. The molecule has 36 heavy (non-hydrogen) atoms. The summed E-state index contributed by atoms with van der Waals surface area (Å²) in [5.74, 6) is 3.24. The molecule has 194 valence electrons. The van der Waals surface area contributed by atoms with E-state index in [9.17, 15) is 19.5 Å². The van der Waals surface area contributed by atoms with Gasteiger partial charge in [-0.15, -0.1) is 0 Å². The smallest absolute Gasteiger partial charge is 0.259 e. The second kappa shape index (κ2) is 10.4. The minimum atomic E-state index is -0.602. The number of nitrogens with one attached hydrogen (secondary N) is 2. The molecule has 0 aromatic rings. The zero-order valence-corrected chi connectivity index (χ0v) is 21.5. The Bertz CT molecular complexity index is 1020. The van der Waals surface area contributed by atoms with Gasteiger partial charge in [-0.25, -0.2) is 0 Å². The van der Waals surface area contributed by atoms with Gasteiger partial charge in [-0.2, -0.15) is 0 Å². The standard InChI is InChI=1S/C30H40N2O4/c1-3-19-17(2)15-23-21(19)11-12-22-20-7-6-9-27(34)31-14-5-4-8-25-29(35)28(30(36)32-25)26(33)13-10-18(20)16-24(22)23/h6,9-13,17-25,33H,3-5,7-8,14-16H2,1-2H3,(H,31,34)(H,32,36)/b9-6-,13-10+,28-26+/t17-,18-,19-,20+,21+,22-,23+,24+,25+/m1/s1. The van der Waals surface area contributed by atoms with Crippen LogP contribution < -0.4 is 10.6 Å². The Kier molecular flexibility index (Phi) is 7.23. The van der Waals surface area contributed by atoms with Crippen LogP contribution in [0.4, 0.5) is 0 Å². The number of fused-ring (bicyclic) bond motifs is 7. The number of hydrogen-bond donors (Lipinski definition) is 3. The third-order valence-electron chi connectivity index (χ3n) is 9.77. The van der Waals surface area contributed by atoms with Gasteiger partial charge in [-0.3, -0.25) is 14.4 Å². The van der Waals surface area contributed by atoms with Crippen LogP contribution in [0.3, 0.4) is 0 Å². The summed E-state index contributed by atoms with van der Waals surface area (Å²) >= 11 is 0. The Labute approximate surface area is 214 Å². The van der Waals surface area contributed by atoms with Crippen molar-refractivity contribution in [3.05, 3.63) is 47.8 Å². The summed E-state index contributed by atoms with van der Waals surface area (Å²) in [6.45, 7) is 5.24. The first-order valence-electron chi connectivity index (χ1n) is 14.0. The van der Waals surface area contributed by atoms with Gasteiger partial charge in [-0.05, 0) is 98.0 Å². The number of allylic oxidation sites excluding steroid dienone is 5. The number of Topliss-reactive ketones (excluding diaryl/α,β-unsaturated/α-hetero) is 1. The van der Waals surface area contributed by atoms with Crippen LogP contribution in [-0.2, 0) is 14.4 Å². The van der Waals surface area contributed by atoms with E-state index in [0.717, 1.165) is 31.1 Å². The Morgan fingerprint density at radius 1 is 0.972 bits per heavy atom. The third kappa shape index (κ3) is 4.59. The Morgan fingerprint density at radius 3 is 2.56 bits per heavy atom. The highest BCUT2D eigenvalue weighted by Crippen LogP contribution is 2.59. The van der Waals surface area contributed by atoms with Crippen LogP contribution in [0.1, 0.15) is 58.8 Å². The van der Waals surface area contributed by atoms with Crippen molar-refractivity contribution < 1.29 is 19.5 Å². The van der Waals surface area contributed by atoms with Crippen LogP contribution in [0.25, 0.3) is 0 Å². The molecule has 1 saturated heterocycles. The van der Waals surface area contributed by atoms with Crippen molar-refractivity contribution in [2.24, 2.45) is 47.3 Å². The molecular formula is C30H40N2O4. The summed E-state index contributed by atoms with van der Waals surface area (Å²) in [5.41, 5.74) is -0.115. The SMILES string of the molecule is CC[C@H]1[C@@H]2C=C[C@@H]3[C@H]4C/C=C\C(=O)NCCCC[C@@H]5NC(=O)/C(=C(O)\C=C\[C@@H]4C[C@@H]3[C@H]2C[C@H]1C)C5=O. The van der Waals surface area contributed by atoms with Crippen LogP contribution in [-0.4, -0.2) is 35.3 Å². The summed E-state index contributed by atoms with van der Waals surface area (Å²) in [4.78, 5) is 37.7. The predicted molar refractivity (Wildman–Crippen MR) is 139 cm³/mol. The van der Waals surface area contributed by atoms with Gasteiger partial charge in [-0.1, -0.05) is 44.6 Å². The molecular weight excluding hydrogens is 452 g/mol. The highest BCUT2D eigenvalue weighted by atomic mass is 16.3. The maximum Gasteiger partial charge on any atom is 0.259 e. The van der Waals surface area contributed by atoms with E-state index in [4.69, 9.17) is 0 Å². The largest absolute Gasteiger partial charge is 0.507 e. The van der Waals surface area contributed by atoms with E-state index in [2.05, 4.69) is 36.6 Å². The Balaban J connectivity index is 1.45. The van der Waals surface area contributed by atoms with Crippen molar-refractivity contribution in [2.45, 2.75) is 64.8 Å². The molecule has 3 fully saturated rings. The van der Waals surface area contributed by atoms with Crippen LogP contribution in [0.5, 0.6) is 0 Å². The zero-order chi connectivity index (χ0) is 25.4. The first-order chi connectivity index (χ1) is 17.4. The Hall–Kier alpha value is -2.63. The molecule has 0 spiro atoms. The molecule has 6 nitrogen and oxygen atoms in total. The van der Waals surface area contributed by atoms with Crippen molar-refractivity contribution in [2.75, 3.05) is 6.54 Å². The quantitative estimate of drug-likeness (QED) is 0.373. The molecule has 2 heterocycles. The summed E-state index contributed by atoms with van der Waals surface area (Å²) in [7, 11) is 0. The number of aliphatic hydroxyl groups is 1. The van der Waals surface area contributed by atoms with Crippen molar-refractivity contribution in [1.82, 2.24) is 10.6 Å². The molecule has 0 aromatic carbocycles. The number of carbonyl (C=O) groups excluding carboxylic acids is 3. The van der Waals surface area contributed by atoms with E-state index in [-0.39, 0.29) is 28.9 Å². The predicted octanol–water partition coefficient (Wildman–Crippen LogP) is 4.41. The van der Waals surface area contributed by atoms with Crippen LogP contribution >= 0.6 is 0 Å². The minimum Gasteiger partial charge on any atom is -0.507 e. The highest BCUT2D eigenvalue weighted by Gasteiger charge is 2.52. The van der Waals surface area contributed by atoms with E-state index in [1.807, 2.05) is 12.2 Å². The lowest BCUT2D eigenvalue weighted by Crippen LogP contribution is -2.29. The molecule has 0 radical (unpaired) electrons. The lowest BCUT2D eigenvalue weighted by molar-refractivity contribution is -0.118. The fraction of sp³-hybridized carbons (Fsp3) is 0.633. The minimum absolute atomic E-state index is 0.0811. The van der Waals surface area contributed by atoms with Gasteiger partial charge in [0.1, 0.15) is 11.3 Å². The molecule has 2 bridgehead atoms. The zero-order valence-electron chi connectivity index (χ0n) is 21.5. The molecule has 0 aromatic heterocycles. The first-order valence-corrected chi connectivity index (χ1v) is 14.0. The fourth-order valence-electron chi connectivity index (χ4n) is 8.09. The molecule has 2 aliphatic heterocycles. The molecule has 6 heteroatoms. The third-order valence-corrected chi connectivity index (χ3v) is 9.77. The molecule has 3 aliphatic carbocycles. The van der Waals surface area contributed by atoms with Crippen LogP contribution in [0.15, 0.2) is 47.8 Å². The van der Waals surface area contributed by atoms with Crippen molar-refractivity contribution >= 4 is 17.6 Å². The lowest BCUT2D eigenvalue weighted by atomic mass is 9.69. The molecule has 2 amide bonds. The van der Waals surface area contributed by atoms with E-state index in [0.29, 0.717) is 49.0 Å². The molecule has 0 unspecified atom stereocenters. The van der Waals surface area contributed by atoms with Gasteiger partial charge < -0.3 is 15.7 Å². The molecule has 5 aliphatic rings. The maximum atomic E-state index is 12.9. The molecule has 3 N–H and O–H groups in total. The normalized spacial score (nSPS) is 44.7.